The lowest BCUT2D eigenvalue weighted by molar-refractivity contribution is -0.141. The predicted octanol–water partition coefficient (Wildman–Crippen LogP) is 7.11. The van der Waals surface area contributed by atoms with Gasteiger partial charge >= 0.3 is 12.1 Å². The Bertz CT molecular complexity index is 1180. The molecule has 0 saturated carbocycles. The van der Waals surface area contributed by atoms with Gasteiger partial charge in [-0.25, -0.2) is 15.0 Å². The first-order valence-electron chi connectivity index (χ1n) is 10.8. The lowest BCUT2D eigenvalue weighted by Crippen LogP contribution is -2.10. The molecule has 34 heavy (non-hydrogen) atoms. The highest BCUT2D eigenvalue weighted by Crippen LogP contribution is 2.35. The van der Waals surface area contributed by atoms with Crippen molar-refractivity contribution in [1.82, 2.24) is 15.0 Å². The minimum atomic E-state index is -4.51. The van der Waals surface area contributed by atoms with Crippen LogP contribution in [0, 0.1) is 6.92 Å². The number of aromatic nitrogens is 3. The molecule has 10 heteroatoms. The van der Waals surface area contributed by atoms with E-state index in [1.165, 1.54) is 18.4 Å². The number of thiazole rings is 1. The zero-order valence-corrected chi connectivity index (χ0v) is 19.6. The number of benzene rings is 1. The fourth-order valence-electron chi connectivity index (χ4n) is 3.29. The normalized spacial score (nSPS) is 13.5. The number of anilines is 2. The van der Waals surface area contributed by atoms with E-state index >= 15 is 0 Å². The summed E-state index contributed by atoms with van der Waals surface area (Å²) in [6, 6.07) is 6.61. The van der Waals surface area contributed by atoms with Crippen molar-refractivity contribution in [3.05, 3.63) is 59.0 Å². The Morgan fingerprint density at radius 2 is 1.97 bits per heavy atom. The van der Waals surface area contributed by atoms with Gasteiger partial charge in [0.05, 0.1) is 4.88 Å². The third kappa shape index (κ3) is 7.11. The van der Waals surface area contributed by atoms with Crippen LogP contribution in [0.4, 0.5) is 24.8 Å². The summed E-state index contributed by atoms with van der Waals surface area (Å²) >= 11 is 1.63. The van der Waals surface area contributed by atoms with Crippen LogP contribution in [0.5, 0.6) is 0 Å². The van der Waals surface area contributed by atoms with E-state index in [0.717, 1.165) is 46.1 Å². The van der Waals surface area contributed by atoms with E-state index in [4.69, 9.17) is 5.11 Å². The smallest absolute Gasteiger partial charge is 0.433 e. The highest BCUT2D eigenvalue weighted by Gasteiger charge is 2.32. The lowest BCUT2D eigenvalue weighted by Gasteiger charge is -2.10. The second-order valence-corrected chi connectivity index (χ2v) is 8.76. The summed E-state index contributed by atoms with van der Waals surface area (Å²) in [5.41, 5.74) is 2.89. The van der Waals surface area contributed by atoms with Gasteiger partial charge in [0.15, 0.2) is 0 Å². The molecule has 0 fully saturated rings. The summed E-state index contributed by atoms with van der Waals surface area (Å²) in [5, 5.41) is 11.6. The van der Waals surface area contributed by atoms with Crippen molar-refractivity contribution < 1.29 is 23.1 Å². The lowest BCUT2D eigenvalue weighted by atomic mass is 10.0. The van der Waals surface area contributed by atoms with Crippen LogP contribution in [0.25, 0.3) is 16.0 Å². The summed E-state index contributed by atoms with van der Waals surface area (Å²) in [4.78, 5) is 22.4. The van der Waals surface area contributed by atoms with Crippen LogP contribution < -0.4 is 5.32 Å². The maximum atomic E-state index is 12.9. The van der Waals surface area contributed by atoms with Gasteiger partial charge in [0.25, 0.3) is 0 Å². The number of nitrogens with one attached hydrogen (secondary N) is 1. The van der Waals surface area contributed by atoms with Crippen LogP contribution >= 0.6 is 11.3 Å². The summed E-state index contributed by atoms with van der Waals surface area (Å²) in [7, 11) is 0. The number of carboxylic acids is 1. The Morgan fingerprint density at radius 3 is 2.62 bits per heavy atom. The highest BCUT2D eigenvalue weighted by atomic mass is 32.1. The largest absolute Gasteiger partial charge is 0.481 e. The molecule has 1 aromatic carbocycles. The molecule has 6 nitrogen and oxygen atoms in total. The summed E-state index contributed by atoms with van der Waals surface area (Å²) in [5.74, 6) is -0.835. The van der Waals surface area contributed by atoms with E-state index < -0.39 is 17.8 Å². The third-order valence-electron chi connectivity index (χ3n) is 4.94. The van der Waals surface area contributed by atoms with Crippen LogP contribution in [-0.4, -0.2) is 26.0 Å². The number of aliphatic carboxylic acids is 1. The maximum absolute atomic E-state index is 12.9. The predicted molar refractivity (Wildman–Crippen MR) is 127 cm³/mol. The number of rotatable bonds is 5. The SMILES string of the molecule is CCC(=O)O.Cc1cc(Nc2nccc(C(F)(F)F)n2)cc(-c2cnc(C3=CCCCC3)s2)c1. The molecule has 0 radical (unpaired) electrons. The first-order valence-corrected chi connectivity index (χ1v) is 11.6. The van der Waals surface area contributed by atoms with Crippen molar-refractivity contribution >= 4 is 34.5 Å². The second-order valence-electron chi connectivity index (χ2n) is 7.73. The standard InChI is InChI=1S/C21H19F3N4S.C3H6O2/c1-13-9-15(17-12-26-19(29-17)14-5-3-2-4-6-14)11-16(10-13)27-20-25-8-7-18(28-20)21(22,23)24;1-2-3(4)5/h5,7-12H,2-4,6H2,1H3,(H,25,27,28);2H2,1H3,(H,4,5). The molecule has 2 aromatic heterocycles. The average Bonchev–Trinajstić information content (AvgIpc) is 3.30. The van der Waals surface area contributed by atoms with E-state index in [0.29, 0.717) is 5.69 Å². The quantitative estimate of drug-likeness (QED) is 0.396. The van der Waals surface area contributed by atoms with Gasteiger partial charge in [-0.15, -0.1) is 11.3 Å². The number of nitrogens with zero attached hydrogens (tertiary/aromatic N) is 3. The first-order chi connectivity index (χ1) is 16.2. The third-order valence-corrected chi connectivity index (χ3v) is 6.06. The van der Waals surface area contributed by atoms with Gasteiger partial charge in [-0.05, 0) is 67.5 Å². The van der Waals surface area contributed by atoms with Gasteiger partial charge in [0.2, 0.25) is 5.95 Å². The van der Waals surface area contributed by atoms with Crippen molar-refractivity contribution in [2.45, 2.75) is 52.1 Å². The second kappa shape index (κ2) is 11.2. The molecule has 0 unspecified atom stereocenters. The Labute approximate surface area is 199 Å². The Kier molecular flexibility index (Phi) is 8.38. The fraction of sp³-hybridized carbons (Fsp3) is 0.333. The zero-order valence-electron chi connectivity index (χ0n) is 18.8. The molecule has 2 heterocycles. The summed E-state index contributed by atoms with van der Waals surface area (Å²) in [6.45, 7) is 3.54. The molecule has 1 aliphatic rings. The van der Waals surface area contributed by atoms with Gasteiger partial charge in [-0.2, -0.15) is 13.2 Å². The Hall–Kier alpha value is -3.27. The van der Waals surface area contributed by atoms with Gasteiger partial charge in [0.1, 0.15) is 10.7 Å². The molecule has 1 aliphatic carbocycles. The number of carbonyl (C=O) groups is 1. The summed E-state index contributed by atoms with van der Waals surface area (Å²) in [6.07, 6.45) is 5.50. The van der Waals surface area contributed by atoms with E-state index in [1.54, 1.807) is 18.3 Å². The van der Waals surface area contributed by atoms with Gasteiger partial charge in [-0.1, -0.05) is 19.1 Å². The Morgan fingerprint density at radius 1 is 1.21 bits per heavy atom. The molecule has 0 spiro atoms. The molecular weight excluding hydrogens is 465 g/mol. The summed E-state index contributed by atoms with van der Waals surface area (Å²) < 4.78 is 38.7. The van der Waals surface area contributed by atoms with Crippen molar-refractivity contribution in [1.29, 1.82) is 0 Å². The molecule has 0 aliphatic heterocycles. The molecule has 0 atom stereocenters. The topological polar surface area (TPSA) is 88.0 Å². The van der Waals surface area contributed by atoms with Crippen LogP contribution in [0.2, 0.25) is 0 Å². The van der Waals surface area contributed by atoms with E-state index in [2.05, 4.69) is 26.3 Å². The molecular formula is C24H25F3N4O2S. The number of alkyl halides is 3. The van der Waals surface area contributed by atoms with Crippen molar-refractivity contribution in [2.75, 3.05) is 5.32 Å². The molecule has 0 saturated heterocycles. The first kappa shape index (κ1) is 25.4. The molecule has 0 amide bonds. The van der Waals surface area contributed by atoms with Crippen molar-refractivity contribution in [3.8, 4) is 10.4 Å². The van der Waals surface area contributed by atoms with Crippen molar-refractivity contribution in [3.63, 3.8) is 0 Å². The van der Waals surface area contributed by atoms with E-state index in [-0.39, 0.29) is 12.4 Å². The number of halogens is 3. The number of hydrogen-bond donors (Lipinski definition) is 2. The van der Waals surface area contributed by atoms with Crippen LogP contribution in [-0.2, 0) is 11.0 Å². The van der Waals surface area contributed by atoms with Gasteiger partial charge in [0, 0.05) is 24.5 Å². The number of hydrogen-bond acceptors (Lipinski definition) is 6. The molecule has 0 bridgehead atoms. The minimum absolute atomic E-state index is 0.0891. The van der Waals surface area contributed by atoms with Crippen LogP contribution in [0.3, 0.4) is 0 Å². The fourth-order valence-corrected chi connectivity index (χ4v) is 4.26. The number of aryl methyl sites for hydroxylation is 1. The van der Waals surface area contributed by atoms with Gasteiger partial charge < -0.3 is 10.4 Å². The molecule has 4 rings (SSSR count). The highest BCUT2D eigenvalue weighted by molar-refractivity contribution is 7.16. The van der Waals surface area contributed by atoms with E-state index in [9.17, 15) is 18.0 Å². The Balaban J connectivity index is 0.000000588. The minimum Gasteiger partial charge on any atom is -0.481 e. The molecule has 2 N–H and O–H groups in total. The van der Waals surface area contributed by atoms with Gasteiger partial charge in [-0.3, -0.25) is 4.79 Å². The van der Waals surface area contributed by atoms with Crippen molar-refractivity contribution in [2.24, 2.45) is 0 Å². The average molecular weight is 491 g/mol. The monoisotopic (exact) mass is 490 g/mol. The number of allylic oxidation sites excluding steroid dienone is 2. The van der Waals surface area contributed by atoms with E-state index in [1.807, 2.05) is 31.3 Å². The van der Waals surface area contributed by atoms with Crippen LogP contribution in [0.15, 0.2) is 42.7 Å². The zero-order chi connectivity index (χ0) is 24.7. The number of carboxylic acid groups (broad SMARTS) is 1. The molecule has 180 valence electrons. The maximum Gasteiger partial charge on any atom is 0.433 e. The van der Waals surface area contributed by atoms with Crippen LogP contribution in [0.1, 0.15) is 55.3 Å². The molecule has 3 aromatic rings.